The molecule has 1 aromatic rings. The van der Waals surface area contributed by atoms with Gasteiger partial charge in [0.1, 0.15) is 6.54 Å². The normalized spacial score (nSPS) is 10.3. The molecule has 8 heteroatoms. The summed E-state index contributed by atoms with van der Waals surface area (Å²) in [6.45, 7) is 4.93. The Morgan fingerprint density at radius 3 is 2.46 bits per heavy atom. The van der Waals surface area contributed by atoms with Gasteiger partial charge in [0.25, 0.3) is 5.91 Å². The van der Waals surface area contributed by atoms with Crippen LogP contribution in [-0.4, -0.2) is 63.9 Å². The average Bonchev–Trinajstić information content (AvgIpc) is 2.63. The molecule has 0 aliphatic carbocycles. The Balaban J connectivity index is 3.09. The van der Waals surface area contributed by atoms with Crippen molar-refractivity contribution in [2.45, 2.75) is 20.3 Å². The van der Waals surface area contributed by atoms with Gasteiger partial charge >= 0.3 is 5.97 Å². The molecular formula is C18H26BrNO6. The van der Waals surface area contributed by atoms with E-state index in [9.17, 15) is 9.59 Å². The van der Waals surface area contributed by atoms with Crippen molar-refractivity contribution in [3.63, 3.8) is 0 Å². The molecule has 1 amide bonds. The molecular weight excluding hydrogens is 406 g/mol. The molecule has 1 rings (SSSR count). The summed E-state index contributed by atoms with van der Waals surface area (Å²) in [7, 11) is 3.04. The van der Waals surface area contributed by atoms with Crippen LogP contribution in [-0.2, 0) is 14.3 Å². The number of ether oxygens (including phenoxy) is 4. The smallest absolute Gasteiger partial charge is 0.325 e. The molecule has 26 heavy (non-hydrogen) atoms. The van der Waals surface area contributed by atoms with E-state index in [1.54, 1.807) is 19.1 Å². The zero-order valence-corrected chi connectivity index (χ0v) is 17.3. The monoisotopic (exact) mass is 431 g/mol. The molecule has 0 heterocycles. The lowest BCUT2D eigenvalue weighted by Crippen LogP contribution is -2.38. The van der Waals surface area contributed by atoms with Gasteiger partial charge in [0.2, 0.25) is 0 Å². The Kier molecular flexibility index (Phi) is 10.0. The topological polar surface area (TPSA) is 74.3 Å². The number of methoxy groups -OCH3 is 2. The van der Waals surface area contributed by atoms with Crippen molar-refractivity contribution >= 4 is 27.8 Å². The van der Waals surface area contributed by atoms with Gasteiger partial charge in [-0.2, -0.15) is 0 Å². The van der Waals surface area contributed by atoms with E-state index in [2.05, 4.69) is 15.9 Å². The fourth-order valence-corrected chi connectivity index (χ4v) is 2.74. The Morgan fingerprint density at radius 2 is 1.88 bits per heavy atom. The van der Waals surface area contributed by atoms with Crippen LogP contribution < -0.4 is 9.47 Å². The summed E-state index contributed by atoms with van der Waals surface area (Å²) in [5, 5.41) is 0. The predicted octanol–water partition coefficient (Wildman–Crippen LogP) is 2.90. The van der Waals surface area contributed by atoms with Gasteiger partial charge in [0.05, 0.1) is 31.4 Å². The van der Waals surface area contributed by atoms with Crippen LogP contribution in [0.1, 0.15) is 30.6 Å². The Bertz CT molecular complexity index is 608. The van der Waals surface area contributed by atoms with Gasteiger partial charge in [-0.1, -0.05) is 6.92 Å². The van der Waals surface area contributed by atoms with Gasteiger partial charge in [0.15, 0.2) is 11.5 Å². The number of hydrogen-bond donors (Lipinski definition) is 0. The third-order valence-electron chi connectivity index (χ3n) is 3.40. The van der Waals surface area contributed by atoms with E-state index in [4.69, 9.17) is 18.9 Å². The molecule has 0 fully saturated rings. The zero-order valence-electron chi connectivity index (χ0n) is 15.7. The van der Waals surface area contributed by atoms with Crippen molar-refractivity contribution < 1.29 is 28.5 Å². The van der Waals surface area contributed by atoms with Gasteiger partial charge < -0.3 is 23.8 Å². The van der Waals surface area contributed by atoms with E-state index >= 15 is 0 Å². The molecule has 0 spiro atoms. The maximum absolute atomic E-state index is 12.9. The van der Waals surface area contributed by atoms with Crippen LogP contribution in [0.4, 0.5) is 0 Å². The highest BCUT2D eigenvalue weighted by Crippen LogP contribution is 2.37. The van der Waals surface area contributed by atoms with Gasteiger partial charge in [-0.3, -0.25) is 9.59 Å². The Labute approximate surface area is 162 Å². The molecule has 146 valence electrons. The van der Waals surface area contributed by atoms with Gasteiger partial charge in [0, 0.05) is 19.2 Å². The third-order valence-corrected chi connectivity index (χ3v) is 3.99. The minimum atomic E-state index is -0.467. The molecule has 0 N–H and O–H groups in total. The first-order valence-electron chi connectivity index (χ1n) is 8.42. The molecule has 0 aliphatic heterocycles. The molecule has 0 unspecified atom stereocenters. The van der Waals surface area contributed by atoms with Crippen LogP contribution in [0.25, 0.3) is 0 Å². The van der Waals surface area contributed by atoms with Crippen LogP contribution in [0, 0.1) is 0 Å². The molecule has 0 aromatic heterocycles. The Morgan fingerprint density at radius 1 is 1.15 bits per heavy atom. The first-order valence-corrected chi connectivity index (χ1v) is 9.21. The molecule has 0 radical (unpaired) electrons. The second-order valence-electron chi connectivity index (χ2n) is 5.36. The van der Waals surface area contributed by atoms with E-state index in [1.807, 2.05) is 6.92 Å². The average molecular weight is 432 g/mol. The largest absolute Gasteiger partial charge is 0.493 e. The maximum Gasteiger partial charge on any atom is 0.325 e. The number of carbonyl (C=O) groups excluding carboxylic acids is 2. The first-order chi connectivity index (χ1) is 12.5. The van der Waals surface area contributed by atoms with E-state index in [0.29, 0.717) is 34.7 Å². The highest BCUT2D eigenvalue weighted by Gasteiger charge is 2.22. The number of nitrogens with zero attached hydrogens (tertiary/aromatic N) is 1. The second kappa shape index (κ2) is 11.7. The summed E-state index contributed by atoms with van der Waals surface area (Å²) >= 11 is 3.42. The lowest BCUT2D eigenvalue weighted by atomic mass is 10.1. The SMILES string of the molecule is CCCOc1c(Br)cc(C(=O)N(CCOC)CC(=O)OCC)cc1OC. The van der Waals surface area contributed by atoms with Crippen molar-refractivity contribution in [1.82, 2.24) is 4.90 Å². The summed E-state index contributed by atoms with van der Waals surface area (Å²) in [6.07, 6.45) is 0.848. The van der Waals surface area contributed by atoms with Crippen molar-refractivity contribution in [2.75, 3.05) is 47.1 Å². The maximum atomic E-state index is 12.9. The van der Waals surface area contributed by atoms with E-state index < -0.39 is 5.97 Å². The number of benzene rings is 1. The summed E-state index contributed by atoms with van der Waals surface area (Å²) in [5.41, 5.74) is 0.373. The van der Waals surface area contributed by atoms with Gasteiger partial charge in [-0.25, -0.2) is 0 Å². The minimum absolute atomic E-state index is 0.149. The summed E-state index contributed by atoms with van der Waals surface area (Å²) in [6, 6.07) is 3.25. The quantitative estimate of drug-likeness (QED) is 0.501. The van der Waals surface area contributed by atoms with Crippen LogP contribution in [0.5, 0.6) is 11.5 Å². The lowest BCUT2D eigenvalue weighted by Gasteiger charge is -2.22. The molecule has 0 saturated heterocycles. The third kappa shape index (κ3) is 6.49. The number of rotatable bonds is 11. The summed E-state index contributed by atoms with van der Waals surface area (Å²) in [5.74, 6) is 0.195. The summed E-state index contributed by atoms with van der Waals surface area (Å²) in [4.78, 5) is 26.1. The standard InChI is InChI=1S/C18H26BrNO6/c1-5-8-26-17-14(19)10-13(11-15(17)24-4)18(22)20(7-9-23-3)12-16(21)25-6-2/h10-11H,5-9,12H2,1-4H3. The predicted molar refractivity (Wildman–Crippen MR) is 101 cm³/mol. The van der Waals surface area contributed by atoms with Crippen molar-refractivity contribution in [3.8, 4) is 11.5 Å². The number of carbonyl (C=O) groups is 2. The number of esters is 1. The fraction of sp³-hybridized carbons (Fsp3) is 0.556. The fourth-order valence-electron chi connectivity index (χ4n) is 2.19. The molecule has 7 nitrogen and oxygen atoms in total. The summed E-state index contributed by atoms with van der Waals surface area (Å²) < 4.78 is 21.6. The second-order valence-corrected chi connectivity index (χ2v) is 6.22. The lowest BCUT2D eigenvalue weighted by molar-refractivity contribution is -0.143. The number of halogens is 1. The molecule has 0 saturated carbocycles. The van der Waals surface area contributed by atoms with E-state index in [1.165, 1.54) is 19.1 Å². The zero-order chi connectivity index (χ0) is 19.5. The van der Waals surface area contributed by atoms with Gasteiger partial charge in [-0.05, 0) is 41.4 Å². The van der Waals surface area contributed by atoms with Crippen molar-refractivity contribution in [2.24, 2.45) is 0 Å². The highest BCUT2D eigenvalue weighted by molar-refractivity contribution is 9.10. The number of hydrogen-bond acceptors (Lipinski definition) is 6. The van der Waals surface area contributed by atoms with Crippen LogP contribution >= 0.6 is 15.9 Å². The van der Waals surface area contributed by atoms with Crippen LogP contribution in [0.3, 0.4) is 0 Å². The first kappa shape index (κ1) is 22.2. The van der Waals surface area contributed by atoms with Crippen LogP contribution in [0.15, 0.2) is 16.6 Å². The molecule has 0 aliphatic rings. The Hall–Kier alpha value is -1.80. The highest BCUT2D eigenvalue weighted by atomic mass is 79.9. The van der Waals surface area contributed by atoms with E-state index in [0.717, 1.165) is 6.42 Å². The van der Waals surface area contributed by atoms with Gasteiger partial charge in [-0.15, -0.1) is 0 Å². The number of amides is 1. The van der Waals surface area contributed by atoms with Crippen LogP contribution in [0.2, 0.25) is 0 Å². The van der Waals surface area contributed by atoms with E-state index in [-0.39, 0.29) is 25.6 Å². The van der Waals surface area contributed by atoms with Crippen molar-refractivity contribution in [3.05, 3.63) is 22.2 Å². The minimum Gasteiger partial charge on any atom is -0.493 e. The molecule has 0 bridgehead atoms. The molecule has 0 atom stereocenters. The molecule has 1 aromatic carbocycles. The van der Waals surface area contributed by atoms with Crippen molar-refractivity contribution in [1.29, 1.82) is 0 Å².